The molecule has 0 atom stereocenters. The predicted molar refractivity (Wildman–Crippen MR) is 113 cm³/mol. The van der Waals surface area contributed by atoms with Crippen LogP contribution in [0, 0.1) is 6.92 Å². The van der Waals surface area contributed by atoms with E-state index in [-0.39, 0.29) is 5.91 Å². The van der Waals surface area contributed by atoms with Crippen molar-refractivity contribution in [2.75, 3.05) is 18.4 Å². The van der Waals surface area contributed by atoms with Crippen LogP contribution in [0.5, 0.6) is 0 Å². The zero-order chi connectivity index (χ0) is 18.8. The van der Waals surface area contributed by atoms with E-state index in [0.29, 0.717) is 5.56 Å². The van der Waals surface area contributed by atoms with Gasteiger partial charge in [-0.15, -0.1) is 0 Å². The second-order valence-corrected chi connectivity index (χ2v) is 8.01. The van der Waals surface area contributed by atoms with Gasteiger partial charge in [0.1, 0.15) is 0 Å². The van der Waals surface area contributed by atoms with E-state index in [0.717, 1.165) is 33.2 Å². The Hall–Kier alpha value is -2.24. The number of hydrogen-bond donors (Lipinski definition) is 1. The average Bonchev–Trinajstić information content (AvgIpc) is 3.17. The van der Waals surface area contributed by atoms with Crippen LogP contribution in [0.15, 0.2) is 53.1 Å². The molecule has 0 spiro atoms. The molecule has 1 amide bonds. The smallest absolute Gasteiger partial charge is 0.255 e. The topological polar surface area (TPSA) is 45.2 Å². The summed E-state index contributed by atoms with van der Waals surface area (Å²) >= 11 is 3.39. The number of halogens is 1. The van der Waals surface area contributed by atoms with Crippen LogP contribution in [0.3, 0.4) is 0 Å². The minimum Gasteiger partial charge on any atom is -0.322 e. The molecule has 1 aliphatic rings. The summed E-state index contributed by atoms with van der Waals surface area (Å²) in [6.07, 6.45) is 4.55. The molecule has 1 N–H and O–H groups in total. The van der Waals surface area contributed by atoms with Crippen LogP contribution in [-0.4, -0.2) is 28.9 Å². The van der Waals surface area contributed by atoms with Gasteiger partial charge in [0.05, 0.1) is 5.52 Å². The minimum absolute atomic E-state index is 0.115. The molecule has 1 saturated heterocycles. The fourth-order valence-corrected chi connectivity index (χ4v) is 3.87. The number of aromatic nitrogens is 1. The van der Waals surface area contributed by atoms with Gasteiger partial charge in [-0.1, -0.05) is 22.0 Å². The van der Waals surface area contributed by atoms with E-state index in [2.05, 4.69) is 32.2 Å². The van der Waals surface area contributed by atoms with E-state index >= 15 is 0 Å². The summed E-state index contributed by atoms with van der Waals surface area (Å²) in [6, 6.07) is 13.6. The first-order valence-corrected chi connectivity index (χ1v) is 10.1. The number of carbonyl (C=O) groups is 1. The van der Waals surface area contributed by atoms with Crippen LogP contribution in [0.2, 0.25) is 0 Å². The molecule has 2 heterocycles. The number of rotatable bonds is 4. The Kier molecular flexibility index (Phi) is 5.23. The third-order valence-corrected chi connectivity index (χ3v) is 5.65. The van der Waals surface area contributed by atoms with Gasteiger partial charge in [-0.25, -0.2) is 0 Å². The Balaban J connectivity index is 1.56. The zero-order valence-corrected chi connectivity index (χ0v) is 16.9. The molecule has 4 rings (SSSR count). The third kappa shape index (κ3) is 4.04. The average molecular weight is 424 g/mol. The molecule has 27 heavy (non-hydrogen) atoms. The number of pyridine rings is 1. The van der Waals surface area contributed by atoms with Crippen molar-refractivity contribution >= 4 is 38.4 Å². The lowest BCUT2D eigenvalue weighted by molar-refractivity contribution is 0.102. The first kappa shape index (κ1) is 18.1. The second-order valence-electron chi connectivity index (χ2n) is 7.10. The minimum atomic E-state index is -0.115. The molecule has 1 aromatic heterocycles. The maximum absolute atomic E-state index is 12.5. The highest BCUT2D eigenvalue weighted by Gasteiger charge is 2.14. The zero-order valence-electron chi connectivity index (χ0n) is 15.3. The molecule has 4 nitrogen and oxygen atoms in total. The summed E-state index contributed by atoms with van der Waals surface area (Å²) in [5.41, 5.74) is 4.61. The van der Waals surface area contributed by atoms with Crippen molar-refractivity contribution in [1.29, 1.82) is 0 Å². The molecule has 0 radical (unpaired) electrons. The summed E-state index contributed by atoms with van der Waals surface area (Å²) in [5.74, 6) is -0.115. The number of nitrogens with one attached hydrogen (secondary N) is 1. The quantitative estimate of drug-likeness (QED) is 0.630. The molecule has 3 aromatic rings. The van der Waals surface area contributed by atoms with Crippen molar-refractivity contribution in [3.63, 3.8) is 0 Å². The summed E-state index contributed by atoms with van der Waals surface area (Å²) < 4.78 is 0.954. The van der Waals surface area contributed by atoms with Crippen LogP contribution < -0.4 is 5.32 Å². The van der Waals surface area contributed by atoms with Crippen LogP contribution >= 0.6 is 15.9 Å². The summed E-state index contributed by atoms with van der Waals surface area (Å²) in [4.78, 5) is 19.7. The fraction of sp³-hybridized carbons (Fsp3) is 0.273. The van der Waals surface area contributed by atoms with E-state index in [1.165, 1.54) is 31.5 Å². The first-order chi connectivity index (χ1) is 13.1. The van der Waals surface area contributed by atoms with E-state index in [9.17, 15) is 4.79 Å². The standard InChI is InChI=1S/C22H22BrN3O/c1-15-20(25-22(27)17-4-7-19(23)8-5-17)9-6-18-12-16(13-24-21(15)18)14-26-10-2-3-11-26/h4-9,12-13H,2-3,10-11,14H2,1H3,(H,25,27). The van der Waals surface area contributed by atoms with Gasteiger partial charge in [0.15, 0.2) is 0 Å². The molecule has 0 aliphatic carbocycles. The van der Waals surface area contributed by atoms with Crippen LogP contribution in [0.4, 0.5) is 5.69 Å². The maximum atomic E-state index is 12.5. The van der Waals surface area contributed by atoms with Crippen LogP contribution in [0.25, 0.3) is 10.9 Å². The fourth-order valence-electron chi connectivity index (χ4n) is 3.61. The monoisotopic (exact) mass is 423 g/mol. The van der Waals surface area contributed by atoms with Crippen molar-refractivity contribution < 1.29 is 4.79 Å². The number of likely N-dealkylation sites (tertiary alicyclic amines) is 1. The van der Waals surface area contributed by atoms with Crippen molar-refractivity contribution in [3.05, 3.63) is 69.8 Å². The Morgan fingerprint density at radius 2 is 1.89 bits per heavy atom. The number of aryl methyl sites for hydroxylation is 1. The summed E-state index contributed by atoms with van der Waals surface area (Å²) in [6.45, 7) is 5.33. The molecular weight excluding hydrogens is 402 g/mol. The van der Waals surface area contributed by atoms with Gasteiger partial charge in [-0.3, -0.25) is 14.7 Å². The highest BCUT2D eigenvalue weighted by atomic mass is 79.9. The molecule has 0 unspecified atom stereocenters. The molecular formula is C22H22BrN3O. The summed E-state index contributed by atoms with van der Waals surface area (Å²) in [7, 11) is 0. The number of benzene rings is 2. The van der Waals surface area contributed by atoms with Crippen LogP contribution in [-0.2, 0) is 6.54 Å². The van der Waals surface area contributed by atoms with E-state index < -0.39 is 0 Å². The van der Waals surface area contributed by atoms with Gasteiger partial charge < -0.3 is 5.32 Å². The van der Waals surface area contributed by atoms with Gasteiger partial charge in [-0.05, 0) is 80.4 Å². The van der Waals surface area contributed by atoms with Gasteiger partial charge >= 0.3 is 0 Å². The molecule has 0 bridgehead atoms. The Labute approximate surface area is 167 Å². The highest BCUT2D eigenvalue weighted by molar-refractivity contribution is 9.10. The number of hydrogen-bond acceptors (Lipinski definition) is 3. The molecule has 2 aromatic carbocycles. The highest BCUT2D eigenvalue weighted by Crippen LogP contribution is 2.26. The van der Waals surface area contributed by atoms with Crippen molar-refractivity contribution in [2.24, 2.45) is 0 Å². The second kappa shape index (κ2) is 7.79. The number of amides is 1. The lowest BCUT2D eigenvalue weighted by Crippen LogP contribution is -2.18. The summed E-state index contributed by atoms with van der Waals surface area (Å²) in [5, 5.41) is 4.13. The molecule has 1 aliphatic heterocycles. The molecule has 1 fully saturated rings. The van der Waals surface area contributed by atoms with Crippen molar-refractivity contribution in [2.45, 2.75) is 26.3 Å². The van der Waals surface area contributed by atoms with Gasteiger partial charge in [0, 0.05) is 33.9 Å². The van der Waals surface area contributed by atoms with Gasteiger partial charge in [-0.2, -0.15) is 0 Å². The van der Waals surface area contributed by atoms with E-state index in [1.807, 2.05) is 37.4 Å². The Bertz CT molecular complexity index is 979. The Morgan fingerprint density at radius 1 is 1.15 bits per heavy atom. The third-order valence-electron chi connectivity index (χ3n) is 5.12. The normalized spacial score (nSPS) is 14.6. The largest absolute Gasteiger partial charge is 0.322 e. The molecule has 5 heteroatoms. The van der Waals surface area contributed by atoms with Gasteiger partial charge in [0.25, 0.3) is 5.91 Å². The first-order valence-electron chi connectivity index (χ1n) is 9.28. The molecule has 0 saturated carbocycles. The number of fused-ring (bicyclic) bond motifs is 1. The maximum Gasteiger partial charge on any atom is 0.255 e. The lowest BCUT2D eigenvalue weighted by atomic mass is 10.1. The number of anilines is 1. The number of nitrogens with zero attached hydrogens (tertiary/aromatic N) is 2. The van der Waals surface area contributed by atoms with Crippen LogP contribution in [0.1, 0.15) is 34.3 Å². The van der Waals surface area contributed by atoms with Crippen molar-refractivity contribution in [3.8, 4) is 0 Å². The number of carbonyl (C=O) groups excluding carboxylic acids is 1. The molecule has 138 valence electrons. The van der Waals surface area contributed by atoms with Crippen molar-refractivity contribution in [1.82, 2.24) is 9.88 Å². The lowest BCUT2D eigenvalue weighted by Gasteiger charge is -2.15. The SMILES string of the molecule is Cc1c(NC(=O)c2ccc(Br)cc2)ccc2cc(CN3CCCC3)cnc12. The van der Waals surface area contributed by atoms with Gasteiger partial charge in [0.2, 0.25) is 0 Å². The predicted octanol–water partition coefficient (Wildman–Crippen LogP) is 5.15. The Morgan fingerprint density at radius 3 is 2.63 bits per heavy atom. The van der Waals surface area contributed by atoms with E-state index in [1.54, 1.807) is 12.1 Å². The van der Waals surface area contributed by atoms with E-state index in [4.69, 9.17) is 4.98 Å².